The molecule has 0 aromatic carbocycles. The van der Waals surface area contributed by atoms with Crippen molar-refractivity contribution >= 4 is 21.6 Å². The summed E-state index contributed by atoms with van der Waals surface area (Å²) in [7, 11) is 0. The fourth-order valence-corrected chi connectivity index (χ4v) is 2.40. The fraction of sp³-hybridized carbons (Fsp3) is 0.364. The molecular formula is C11H13BrN2. The lowest BCUT2D eigenvalue weighted by Gasteiger charge is -2.02. The van der Waals surface area contributed by atoms with E-state index in [1.807, 2.05) is 0 Å². The number of rotatable bonds is 1. The van der Waals surface area contributed by atoms with Crippen molar-refractivity contribution in [1.29, 1.82) is 0 Å². The first-order chi connectivity index (χ1) is 6.63. The van der Waals surface area contributed by atoms with E-state index in [1.165, 1.54) is 11.3 Å². The Labute approximate surface area is 92.1 Å². The summed E-state index contributed by atoms with van der Waals surface area (Å²) < 4.78 is 3.28. The average Bonchev–Trinajstić information content (AvgIpc) is 2.41. The molecule has 2 aromatic rings. The number of nitrogens with zero attached hydrogens (tertiary/aromatic N) is 2. The fourth-order valence-electron chi connectivity index (χ4n) is 1.85. The van der Waals surface area contributed by atoms with Crippen LogP contribution in [0, 0.1) is 13.8 Å². The van der Waals surface area contributed by atoms with Gasteiger partial charge in [0.15, 0.2) is 0 Å². The summed E-state index contributed by atoms with van der Waals surface area (Å²) in [6.07, 6.45) is 3.10. The maximum atomic E-state index is 4.57. The second-order valence-corrected chi connectivity index (χ2v) is 4.45. The number of pyridine rings is 1. The van der Waals surface area contributed by atoms with Crippen LogP contribution in [-0.2, 0) is 6.42 Å². The molecule has 2 heterocycles. The van der Waals surface area contributed by atoms with Gasteiger partial charge in [-0.15, -0.1) is 0 Å². The van der Waals surface area contributed by atoms with E-state index in [9.17, 15) is 0 Å². The Balaban J connectivity index is 2.87. The summed E-state index contributed by atoms with van der Waals surface area (Å²) in [5.41, 5.74) is 4.71. The lowest BCUT2D eigenvalue weighted by Crippen LogP contribution is -1.93. The third-order valence-electron chi connectivity index (χ3n) is 2.50. The van der Waals surface area contributed by atoms with Crippen molar-refractivity contribution in [3.05, 3.63) is 33.7 Å². The summed E-state index contributed by atoms with van der Waals surface area (Å²) >= 11 is 3.51. The minimum absolute atomic E-state index is 1.02. The maximum absolute atomic E-state index is 4.57. The van der Waals surface area contributed by atoms with Crippen LogP contribution in [-0.4, -0.2) is 9.38 Å². The molecule has 2 nitrogen and oxygen atoms in total. The smallest absolute Gasteiger partial charge is 0.140 e. The Bertz CT molecular complexity index is 485. The zero-order chi connectivity index (χ0) is 10.3. The highest BCUT2D eigenvalue weighted by Gasteiger charge is 2.08. The highest BCUT2D eigenvalue weighted by Crippen LogP contribution is 2.20. The normalized spacial score (nSPS) is 11.1. The first-order valence-electron chi connectivity index (χ1n) is 4.77. The molecule has 0 saturated carbocycles. The SMILES string of the molecule is CCc1c(C)nc2c(C)cc(Br)cn12. The van der Waals surface area contributed by atoms with E-state index in [2.05, 4.69) is 58.3 Å². The highest BCUT2D eigenvalue weighted by molar-refractivity contribution is 9.10. The summed E-state index contributed by atoms with van der Waals surface area (Å²) in [5, 5.41) is 0. The van der Waals surface area contributed by atoms with Gasteiger partial charge in [-0.1, -0.05) is 6.92 Å². The molecule has 2 rings (SSSR count). The molecule has 14 heavy (non-hydrogen) atoms. The van der Waals surface area contributed by atoms with E-state index < -0.39 is 0 Å². The van der Waals surface area contributed by atoms with E-state index >= 15 is 0 Å². The van der Waals surface area contributed by atoms with E-state index in [0.29, 0.717) is 0 Å². The van der Waals surface area contributed by atoms with Gasteiger partial charge in [0.2, 0.25) is 0 Å². The summed E-state index contributed by atoms with van der Waals surface area (Å²) in [4.78, 5) is 4.57. The number of hydrogen-bond donors (Lipinski definition) is 0. The standard InChI is InChI=1S/C11H13BrN2/c1-4-10-8(3)13-11-7(2)5-9(12)6-14(10)11/h5-6H,4H2,1-3H3. The molecule has 0 amide bonds. The van der Waals surface area contributed by atoms with Gasteiger partial charge in [0.05, 0.1) is 5.69 Å². The number of imidazole rings is 1. The van der Waals surface area contributed by atoms with E-state index in [-0.39, 0.29) is 0 Å². The molecule has 0 aliphatic carbocycles. The van der Waals surface area contributed by atoms with Crippen LogP contribution in [0.2, 0.25) is 0 Å². The number of fused-ring (bicyclic) bond motifs is 1. The molecule has 0 aliphatic rings. The van der Waals surface area contributed by atoms with Gasteiger partial charge in [-0.05, 0) is 47.8 Å². The predicted molar refractivity (Wildman–Crippen MR) is 61.7 cm³/mol. The van der Waals surface area contributed by atoms with Gasteiger partial charge >= 0.3 is 0 Å². The molecule has 2 aromatic heterocycles. The minimum Gasteiger partial charge on any atom is -0.302 e. The van der Waals surface area contributed by atoms with Gasteiger partial charge < -0.3 is 4.40 Å². The third kappa shape index (κ3) is 1.36. The molecule has 0 unspecified atom stereocenters. The first-order valence-corrected chi connectivity index (χ1v) is 5.56. The predicted octanol–water partition coefficient (Wildman–Crippen LogP) is 3.28. The van der Waals surface area contributed by atoms with Crippen LogP contribution in [0.5, 0.6) is 0 Å². The van der Waals surface area contributed by atoms with Crippen molar-refractivity contribution in [3.8, 4) is 0 Å². The van der Waals surface area contributed by atoms with Gasteiger partial charge in [-0.25, -0.2) is 4.98 Å². The van der Waals surface area contributed by atoms with Crippen LogP contribution in [0.15, 0.2) is 16.7 Å². The molecule has 0 aliphatic heterocycles. The van der Waals surface area contributed by atoms with Gasteiger partial charge in [0, 0.05) is 16.4 Å². The Morgan fingerprint density at radius 1 is 1.43 bits per heavy atom. The van der Waals surface area contributed by atoms with E-state index in [1.54, 1.807) is 0 Å². The Hall–Kier alpha value is -0.830. The molecule has 0 saturated heterocycles. The lowest BCUT2D eigenvalue weighted by molar-refractivity contribution is 0.972. The van der Waals surface area contributed by atoms with Crippen molar-refractivity contribution in [3.63, 3.8) is 0 Å². The molecule has 3 heteroatoms. The molecule has 0 atom stereocenters. The van der Waals surface area contributed by atoms with Crippen LogP contribution in [0.3, 0.4) is 0 Å². The minimum atomic E-state index is 1.02. The van der Waals surface area contributed by atoms with Gasteiger partial charge in [0.1, 0.15) is 5.65 Å². The molecule has 0 bridgehead atoms. The van der Waals surface area contributed by atoms with Crippen LogP contribution < -0.4 is 0 Å². The van der Waals surface area contributed by atoms with Crippen LogP contribution >= 0.6 is 15.9 Å². The first kappa shape index (κ1) is 9.71. The summed E-state index contributed by atoms with van der Waals surface area (Å²) in [6, 6.07) is 2.10. The van der Waals surface area contributed by atoms with Gasteiger partial charge in [-0.2, -0.15) is 0 Å². The second-order valence-electron chi connectivity index (χ2n) is 3.53. The topological polar surface area (TPSA) is 17.3 Å². The molecule has 74 valence electrons. The van der Waals surface area contributed by atoms with Crippen molar-refractivity contribution in [2.24, 2.45) is 0 Å². The van der Waals surface area contributed by atoms with Crippen molar-refractivity contribution in [2.45, 2.75) is 27.2 Å². The molecule has 0 N–H and O–H groups in total. The highest BCUT2D eigenvalue weighted by atomic mass is 79.9. The maximum Gasteiger partial charge on any atom is 0.140 e. The molecule has 0 radical (unpaired) electrons. The molecule has 0 fully saturated rings. The Morgan fingerprint density at radius 3 is 2.79 bits per heavy atom. The summed E-state index contributed by atoms with van der Waals surface area (Å²) in [6.45, 7) is 6.32. The zero-order valence-electron chi connectivity index (χ0n) is 8.63. The number of aryl methyl sites for hydroxylation is 3. The number of halogens is 1. The van der Waals surface area contributed by atoms with Crippen LogP contribution in [0.1, 0.15) is 23.9 Å². The average molecular weight is 253 g/mol. The van der Waals surface area contributed by atoms with Gasteiger partial charge in [-0.3, -0.25) is 0 Å². The van der Waals surface area contributed by atoms with Crippen molar-refractivity contribution in [1.82, 2.24) is 9.38 Å². The Morgan fingerprint density at radius 2 is 2.14 bits per heavy atom. The Kier molecular flexibility index (Phi) is 2.35. The van der Waals surface area contributed by atoms with E-state index in [0.717, 1.165) is 22.2 Å². The lowest BCUT2D eigenvalue weighted by atomic mass is 10.3. The largest absolute Gasteiger partial charge is 0.302 e. The quantitative estimate of drug-likeness (QED) is 0.762. The molecule has 0 spiro atoms. The third-order valence-corrected chi connectivity index (χ3v) is 2.94. The number of aromatic nitrogens is 2. The van der Waals surface area contributed by atoms with E-state index in [4.69, 9.17) is 0 Å². The van der Waals surface area contributed by atoms with Gasteiger partial charge in [0.25, 0.3) is 0 Å². The zero-order valence-corrected chi connectivity index (χ0v) is 10.2. The monoisotopic (exact) mass is 252 g/mol. The molecular weight excluding hydrogens is 240 g/mol. The van der Waals surface area contributed by atoms with Crippen LogP contribution in [0.25, 0.3) is 5.65 Å². The summed E-state index contributed by atoms with van der Waals surface area (Å²) in [5.74, 6) is 0. The van der Waals surface area contributed by atoms with Crippen molar-refractivity contribution < 1.29 is 0 Å². The van der Waals surface area contributed by atoms with Crippen LogP contribution in [0.4, 0.5) is 0 Å². The van der Waals surface area contributed by atoms with Crippen molar-refractivity contribution in [2.75, 3.05) is 0 Å². The number of hydrogen-bond acceptors (Lipinski definition) is 1. The second kappa shape index (κ2) is 3.39.